The summed E-state index contributed by atoms with van der Waals surface area (Å²) in [4.78, 5) is 14.2. The molecule has 0 unspecified atom stereocenters. The van der Waals surface area contributed by atoms with E-state index < -0.39 is 0 Å². The zero-order chi connectivity index (χ0) is 19.5. The summed E-state index contributed by atoms with van der Waals surface area (Å²) < 4.78 is 12.6. The lowest BCUT2D eigenvalue weighted by Gasteiger charge is -2.11. The molecule has 142 valence electrons. The fourth-order valence-electron chi connectivity index (χ4n) is 3.02. The number of benzene rings is 1. The number of carbonyl (C=O) groups excluding carboxylic acids is 1. The zero-order valence-corrected chi connectivity index (χ0v) is 16.0. The molecule has 8 heteroatoms. The first-order valence-electron chi connectivity index (χ1n) is 8.65. The molecular weight excluding hydrogens is 376 g/mol. The second-order valence-electron chi connectivity index (χ2n) is 6.23. The summed E-state index contributed by atoms with van der Waals surface area (Å²) >= 11 is 5.31. The Morgan fingerprint density at radius 2 is 2.18 bits per heavy atom. The van der Waals surface area contributed by atoms with Gasteiger partial charge in [0, 0.05) is 18.0 Å². The normalized spacial score (nSPS) is 15.3. The van der Waals surface area contributed by atoms with E-state index in [0.29, 0.717) is 29.7 Å². The minimum Gasteiger partial charge on any atom is -0.496 e. The van der Waals surface area contributed by atoms with E-state index in [1.807, 2.05) is 41.2 Å². The van der Waals surface area contributed by atoms with Crippen LogP contribution in [0, 0.1) is 0 Å². The summed E-state index contributed by atoms with van der Waals surface area (Å²) in [5, 5.41) is 7.58. The van der Waals surface area contributed by atoms with Crippen LogP contribution in [0.4, 0.5) is 0 Å². The summed E-state index contributed by atoms with van der Waals surface area (Å²) in [7, 11) is 1.63. The molecule has 1 fully saturated rings. The van der Waals surface area contributed by atoms with Crippen molar-refractivity contribution >= 4 is 29.3 Å². The quantitative estimate of drug-likeness (QED) is 0.512. The Hall–Kier alpha value is -3.39. The number of carbonyl (C=O) groups is 1. The number of rotatable bonds is 6. The Bertz CT molecular complexity index is 1030. The number of thiocarbonyl (C=S) groups is 1. The van der Waals surface area contributed by atoms with Crippen LogP contribution in [0.5, 0.6) is 5.75 Å². The molecule has 28 heavy (non-hydrogen) atoms. The Kier molecular flexibility index (Phi) is 4.94. The van der Waals surface area contributed by atoms with Gasteiger partial charge in [0.15, 0.2) is 5.11 Å². The van der Waals surface area contributed by atoms with Crippen LogP contribution < -0.4 is 10.1 Å². The molecule has 3 heterocycles. The maximum absolute atomic E-state index is 12.7. The summed E-state index contributed by atoms with van der Waals surface area (Å²) in [6, 6.07) is 11.2. The highest BCUT2D eigenvalue weighted by molar-refractivity contribution is 7.80. The number of nitrogens with zero attached hydrogens (tertiary/aromatic N) is 3. The number of hydrogen-bond donors (Lipinski definition) is 1. The van der Waals surface area contributed by atoms with E-state index in [9.17, 15) is 4.79 Å². The van der Waals surface area contributed by atoms with E-state index in [1.54, 1.807) is 31.7 Å². The maximum Gasteiger partial charge on any atom is 0.276 e. The average molecular weight is 394 g/mol. The molecule has 0 saturated carbocycles. The van der Waals surface area contributed by atoms with Crippen molar-refractivity contribution in [3.05, 3.63) is 77.6 Å². The Labute approximate surface area is 167 Å². The van der Waals surface area contributed by atoms with Crippen molar-refractivity contribution < 1.29 is 13.9 Å². The van der Waals surface area contributed by atoms with Gasteiger partial charge in [-0.3, -0.25) is 14.4 Å². The van der Waals surface area contributed by atoms with E-state index in [4.69, 9.17) is 21.4 Å². The number of amides is 1. The summed E-state index contributed by atoms with van der Waals surface area (Å²) in [6.45, 7) is 0.861. The maximum atomic E-state index is 12.7. The summed E-state index contributed by atoms with van der Waals surface area (Å²) in [6.07, 6.45) is 6.97. The largest absolute Gasteiger partial charge is 0.496 e. The van der Waals surface area contributed by atoms with E-state index in [2.05, 4.69) is 10.4 Å². The number of hydrogen-bond acceptors (Lipinski definition) is 5. The van der Waals surface area contributed by atoms with Gasteiger partial charge in [-0.2, -0.15) is 5.10 Å². The SMILES string of the molecule is COc1ccc(/C=C2/NC(=S)N(Cc3ccco3)C2=O)cc1Cn1cccn1. The molecule has 0 aliphatic carbocycles. The molecule has 1 saturated heterocycles. The predicted octanol–water partition coefficient (Wildman–Crippen LogP) is 2.79. The van der Waals surface area contributed by atoms with Gasteiger partial charge in [0.2, 0.25) is 0 Å². The first-order chi connectivity index (χ1) is 13.6. The van der Waals surface area contributed by atoms with Gasteiger partial charge >= 0.3 is 0 Å². The zero-order valence-electron chi connectivity index (χ0n) is 15.2. The van der Waals surface area contributed by atoms with Crippen LogP contribution in [0.1, 0.15) is 16.9 Å². The lowest BCUT2D eigenvalue weighted by Crippen LogP contribution is -2.29. The first kappa shape index (κ1) is 18.0. The smallest absolute Gasteiger partial charge is 0.276 e. The third-order valence-corrected chi connectivity index (χ3v) is 4.69. The molecule has 0 bridgehead atoms. The van der Waals surface area contributed by atoms with Gasteiger partial charge in [-0.15, -0.1) is 0 Å². The van der Waals surface area contributed by atoms with Crippen molar-refractivity contribution in [1.29, 1.82) is 0 Å². The van der Waals surface area contributed by atoms with Crippen molar-refractivity contribution in [2.24, 2.45) is 0 Å². The van der Waals surface area contributed by atoms with Crippen molar-refractivity contribution in [2.45, 2.75) is 13.1 Å². The van der Waals surface area contributed by atoms with E-state index in [1.165, 1.54) is 4.90 Å². The van der Waals surface area contributed by atoms with Crippen molar-refractivity contribution in [3.63, 3.8) is 0 Å². The van der Waals surface area contributed by atoms with E-state index in [-0.39, 0.29) is 5.91 Å². The van der Waals surface area contributed by atoms with Gasteiger partial charge in [-0.25, -0.2) is 0 Å². The summed E-state index contributed by atoms with van der Waals surface area (Å²) in [5.74, 6) is 1.24. The molecule has 0 atom stereocenters. The van der Waals surface area contributed by atoms with E-state index >= 15 is 0 Å². The molecule has 7 nitrogen and oxygen atoms in total. The number of methoxy groups -OCH3 is 1. The molecule has 1 aliphatic rings. The van der Waals surface area contributed by atoms with Crippen molar-refractivity contribution in [2.75, 3.05) is 7.11 Å². The molecule has 1 aliphatic heterocycles. The third kappa shape index (κ3) is 3.67. The first-order valence-corrected chi connectivity index (χ1v) is 9.06. The van der Waals surface area contributed by atoms with Crippen LogP contribution >= 0.6 is 12.2 Å². The third-order valence-electron chi connectivity index (χ3n) is 4.36. The molecule has 3 aromatic rings. The van der Waals surface area contributed by atoms with Gasteiger partial charge in [0.25, 0.3) is 5.91 Å². The van der Waals surface area contributed by atoms with Crippen molar-refractivity contribution in [1.82, 2.24) is 20.0 Å². The number of ether oxygens (including phenoxy) is 1. The molecular formula is C20H18N4O3S. The highest BCUT2D eigenvalue weighted by Gasteiger charge is 2.31. The molecule has 4 rings (SSSR count). The van der Waals surface area contributed by atoms with Crippen LogP contribution in [0.15, 0.2) is 65.2 Å². The van der Waals surface area contributed by atoms with Gasteiger partial charge in [0.05, 0.1) is 26.5 Å². The van der Waals surface area contributed by atoms with Gasteiger partial charge in [-0.1, -0.05) is 6.07 Å². The molecule has 1 amide bonds. The van der Waals surface area contributed by atoms with E-state index in [0.717, 1.165) is 16.9 Å². The van der Waals surface area contributed by atoms with Gasteiger partial charge in [-0.05, 0) is 54.2 Å². The minimum atomic E-state index is -0.189. The topological polar surface area (TPSA) is 72.5 Å². The number of aromatic nitrogens is 2. The molecule has 2 aromatic heterocycles. The second-order valence-corrected chi connectivity index (χ2v) is 6.62. The van der Waals surface area contributed by atoms with Gasteiger partial charge in [0.1, 0.15) is 17.2 Å². The minimum absolute atomic E-state index is 0.189. The van der Waals surface area contributed by atoms with Crippen molar-refractivity contribution in [3.8, 4) is 5.75 Å². The molecule has 1 aromatic carbocycles. The molecule has 0 radical (unpaired) electrons. The molecule has 1 N–H and O–H groups in total. The molecule has 0 spiro atoms. The monoisotopic (exact) mass is 394 g/mol. The summed E-state index contributed by atoms with van der Waals surface area (Å²) in [5.41, 5.74) is 2.24. The van der Waals surface area contributed by atoms with Crippen LogP contribution in [0.25, 0.3) is 6.08 Å². The Balaban J connectivity index is 1.58. The second kappa shape index (κ2) is 7.69. The average Bonchev–Trinajstić information content (AvgIpc) is 3.43. The lowest BCUT2D eigenvalue weighted by atomic mass is 10.1. The lowest BCUT2D eigenvalue weighted by molar-refractivity contribution is -0.122. The number of nitrogens with one attached hydrogen (secondary N) is 1. The predicted molar refractivity (Wildman–Crippen MR) is 107 cm³/mol. The van der Waals surface area contributed by atoms with Crippen LogP contribution in [-0.4, -0.2) is 32.8 Å². The van der Waals surface area contributed by atoms with Crippen LogP contribution in [-0.2, 0) is 17.9 Å². The standard InChI is InChI=1S/C20H18N4O3S/c1-26-18-6-5-14(10-15(18)12-23-8-3-7-21-23)11-17-19(25)24(20(28)22-17)13-16-4-2-9-27-16/h2-11H,12-13H2,1H3,(H,22,28)/b17-11+. The van der Waals surface area contributed by atoms with Gasteiger partial charge < -0.3 is 14.5 Å². The number of furan rings is 1. The van der Waals surface area contributed by atoms with Crippen LogP contribution in [0.3, 0.4) is 0 Å². The highest BCUT2D eigenvalue weighted by Crippen LogP contribution is 2.23. The Morgan fingerprint density at radius 1 is 1.29 bits per heavy atom. The fourth-order valence-corrected chi connectivity index (χ4v) is 3.28. The highest BCUT2D eigenvalue weighted by atomic mass is 32.1. The Morgan fingerprint density at radius 3 is 2.89 bits per heavy atom. The van der Waals surface area contributed by atoms with Crippen LogP contribution in [0.2, 0.25) is 0 Å². The fraction of sp³-hybridized carbons (Fsp3) is 0.150.